The van der Waals surface area contributed by atoms with E-state index in [0.717, 1.165) is 18.9 Å². The lowest BCUT2D eigenvalue weighted by atomic mass is 10.0. The summed E-state index contributed by atoms with van der Waals surface area (Å²) in [6.45, 7) is 4.03. The van der Waals surface area contributed by atoms with Crippen molar-refractivity contribution in [2.24, 2.45) is 5.10 Å². The van der Waals surface area contributed by atoms with Crippen LogP contribution in [0.2, 0.25) is 0 Å². The van der Waals surface area contributed by atoms with Crippen molar-refractivity contribution in [2.75, 3.05) is 0 Å². The third-order valence-corrected chi connectivity index (χ3v) is 3.87. The van der Waals surface area contributed by atoms with Crippen LogP contribution in [-0.2, 0) is 6.18 Å². The molecule has 0 saturated heterocycles. The highest BCUT2D eigenvalue weighted by atomic mass is 32.1. The molecular weight excluding hydrogens is 325 g/mol. The zero-order valence-electron chi connectivity index (χ0n) is 12.8. The number of hydrogen-bond donors (Lipinski definition) is 1. The Balaban J connectivity index is 2.43. The standard InChI is InChI=1S/C15H17F3N4S/c1-3-10(4-2)13-20-21-14(23)22(13)19-9-11-7-5-6-8-12(11)15(16,17)18/h5-10H,3-4H2,1-2H3,(H,21,23)/b19-9-. The summed E-state index contributed by atoms with van der Waals surface area (Å²) in [6, 6.07) is 5.27. The molecule has 1 heterocycles. The van der Waals surface area contributed by atoms with Gasteiger partial charge in [0, 0.05) is 11.5 Å². The van der Waals surface area contributed by atoms with Gasteiger partial charge in [-0.1, -0.05) is 32.0 Å². The van der Waals surface area contributed by atoms with Crippen LogP contribution in [0, 0.1) is 4.77 Å². The van der Waals surface area contributed by atoms with Gasteiger partial charge in [-0.25, -0.2) is 0 Å². The SMILES string of the molecule is CCC(CC)c1n[nH]c(=S)n1/N=C\c1ccccc1C(F)(F)F. The van der Waals surface area contributed by atoms with Gasteiger partial charge in [-0.05, 0) is 31.1 Å². The molecule has 0 aliphatic heterocycles. The Kier molecular flexibility index (Phi) is 5.35. The van der Waals surface area contributed by atoms with Crippen molar-refractivity contribution in [1.82, 2.24) is 14.9 Å². The first-order valence-corrected chi connectivity index (χ1v) is 7.67. The summed E-state index contributed by atoms with van der Waals surface area (Å²) in [6.07, 6.45) is -1.59. The van der Waals surface area contributed by atoms with E-state index >= 15 is 0 Å². The van der Waals surface area contributed by atoms with Crippen LogP contribution in [0.3, 0.4) is 0 Å². The van der Waals surface area contributed by atoms with Gasteiger partial charge in [-0.2, -0.15) is 28.0 Å². The second-order valence-corrected chi connectivity index (χ2v) is 5.43. The van der Waals surface area contributed by atoms with Gasteiger partial charge in [0.15, 0.2) is 5.82 Å². The molecule has 1 aromatic carbocycles. The molecule has 0 amide bonds. The minimum Gasteiger partial charge on any atom is -0.250 e. The van der Waals surface area contributed by atoms with Crippen molar-refractivity contribution >= 4 is 18.4 Å². The lowest BCUT2D eigenvalue weighted by Crippen LogP contribution is -2.09. The number of rotatable bonds is 5. The molecule has 0 radical (unpaired) electrons. The van der Waals surface area contributed by atoms with E-state index in [1.165, 1.54) is 29.1 Å². The number of nitrogens with zero attached hydrogens (tertiary/aromatic N) is 3. The highest BCUT2D eigenvalue weighted by Gasteiger charge is 2.32. The summed E-state index contributed by atoms with van der Waals surface area (Å²) in [5, 5.41) is 10.9. The molecule has 2 aromatic rings. The van der Waals surface area contributed by atoms with E-state index in [9.17, 15) is 13.2 Å². The Morgan fingerprint density at radius 3 is 2.57 bits per heavy atom. The van der Waals surface area contributed by atoms with Crippen molar-refractivity contribution in [1.29, 1.82) is 0 Å². The molecule has 8 heteroatoms. The van der Waals surface area contributed by atoms with Gasteiger partial charge in [0.2, 0.25) is 4.77 Å². The zero-order chi connectivity index (χ0) is 17.0. The number of halogens is 3. The van der Waals surface area contributed by atoms with E-state index in [2.05, 4.69) is 15.3 Å². The second-order valence-electron chi connectivity index (χ2n) is 5.04. The highest BCUT2D eigenvalue weighted by Crippen LogP contribution is 2.31. The second kappa shape index (κ2) is 7.08. The van der Waals surface area contributed by atoms with Crippen molar-refractivity contribution in [3.63, 3.8) is 0 Å². The van der Waals surface area contributed by atoms with Crippen LogP contribution in [0.1, 0.15) is 49.6 Å². The molecule has 124 valence electrons. The first-order chi connectivity index (χ1) is 10.9. The van der Waals surface area contributed by atoms with Gasteiger partial charge in [0.1, 0.15) is 0 Å². The van der Waals surface area contributed by atoms with E-state index in [4.69, 9.17) is 12.2 Å². The molecule has 2 rings (SSSR count). The molecule has 1 N–H and O–H groups in total. The average Bonchev–Trinajstić information content (AvgIpc) is 2.87. The van der Waals surface area contributed by atoms with E-state index in [0.29, 0.717) is 5.82 Å². The molecule has 0 aliphatic rings. The monoisotopic (exact) mass is 342 g/mol. The van der Waals surface area contributed by atoms with Crippen LogP contribution in [0.4, 0.5) is 13.2 Å². The molecular formula is C15H17F3N4S. The lowest BCUT2D eigenvalue weighted by Gasteiger charge is -2.11. The topological polar surface area (TPSA) is 46.0 Å². The summed E-state index contributed by atoms with van der Waals surface area (Å²) in [7, 11) is 0. The van der Waals surface area contributed by atoms with Crippen molar-refractivity contribution in [2.45, 2.75) is 38.8 Å². The van der Waals surface area contributed by atoms with Crippen LogP contribution in [0.15, 0.2) is 29.4 Å². The normalized spacial score (nSPS) is 12.4. The third-order valence-electron chi connectivity index (χ3n) is 3.60. The number of nitrogens with one attached hydrogen (secondary N) is 1. The predicted octanol–water partition coefficient (Wildman–Crippen LogP) is 4.75. The van der Waals surface area contributed by atoms with Crippen molar-refractivity contribution in [3.05, 3.63) is 46.0 Å². The summed E-state index contributed by atoms with van der Waals surface area (Å²) in [4.78, 5) is 0. The Morgan fingerprint density at radius 2 is 1.96 bits per heavy atom. The van der Waals surface area contributed by atoms with E-state index in [-0.39, 0.29) is 16.3 Å². The van der Waals surface area contributed by atoms with E-state index in [1.807, 2.05) is 13.8 Å². The predicted molar refractivity (Wildman–Crippen MR) is 85.2 cm³/mol. The Labute approximate surface area is 137 Å². The van der Waals surface area contributed by atoms with Gasteiger partial charge in [0.25, 0.3) is 0 Å². The van der Waals surface area contributed by atoms with Crippen LogP contribution >= 0.6 is 12.2 Å². The fraction of sp³-hybridized carbons (Fsp3) is 0.400. The largest absolute Gasteiger partial charge is 0.417 e. The summed E-state index contributed by atoms with van der Waals surface area (Å²) in [5.74, 6) is 0.763. The lowest BCUT2D eigenvalue weighted by molar-refractivity contribution is -0.137. The minimum atomic E-state index is -4.43. The highest BCUT2D eigenvalue weighted by molar-refractivity contribution is 7.71. The minimum absolute atomic E-state index is 0.0152. The molecule has 0 saturated carbocycles. The quantitative estimate of drug-likeness (QED) is 0.630. The number of H-pyrrole nitrogens is 1. The van der Waals surface area contributed by atoms with E-state index < -0.39 is 11.7 Å². The molecule has 0 unspecified atom stereocenters. The zero-order valence-corrected chi connectivity index (χ0v) is 13.6. The molecule has 0 atom stereocenters. The fourth-order valence-corrected chi connectivity index (χ4v) is 2.51. The summed E-state index contributed by atoms with van der Waals surface area (Å²) >= 11 is 5.12. The number of aromatic nitrogens is 3. The van der Waals surface area contributed by atoms with E-state index in [1.54, 1.807) is 0 Å². The summed E-state index contributed by atoms with van der Waals surface area (Å²) < 4.78 is 40.7. The molecule has 0 fully saturated rings. The molecule has 1 aromatic heterocycles. The Morgan fingerprint density at radius 1 is 1.30 bits per heavy atom. The molecule has 0 aliphatic carbocycles. The number of hydrogen-bond acceptors (Lipinski definition) is 3. The van der Waals surface area contributed by atoms with Crippen LogP contribution < -0.4 is 0 Å². The average molecular weight is 342 g/mol. The van der Waals surface area contributed by atoms with Crippen LogP contribution in [0.5, 0.6) is 0 Å². The van der Waals surface area contributed by atoms with Crippen LogP contribution in [-0.4, -0.2) is 21.1 Å². The Hall–Kier alpha value is -1.96. The molecule has 0 bridgehead atoms. The molecule has 0 spiro atoms. The number of alkyl halides is 3. The first kappa shape index (κ1) is 17.4. The maximum Gasteiger partial charge on any atom is 0.417 e. The summed E-state index contributed by atoms with van der Waals surface area (Å²) in [5.41, 5.74) is -0.749. The van der Waals surface area contributed by atoms with Crippen molar-refractivity contribution in [3.8, 4) is 0 Å². The number of benzene rings is 1. The molecule has 4 nitrogen and oxygen atoms in total. The van der Waals surface area contributed by atoms with Gasteiger partial charge in [-0.3, -0.25) is 5.10 Å². The third kappa shape index (κ3) is 3.87. The smallest absolute Gasteiger partial charge is 0.250 e. The van der Waals surface area contributed by atoms with Gasteiger partial charge in [0.05, 0.1) is 11.8 Å². The first-order valence-electron chi connectivity index (χ1n) is 7.26. The van der Waals surface area contributed by atoms with Gasteiger partial charge >= 0.3 is 6.18 Å². The maximum atomic E-state index is 13.0. The molecule has 23 heavy (non-hydrogen) atoms. The maximum absolute atomic E-state index is 13.0. The van der Waals surface area contributed by atoms with Crippen molar-refractivity contribution < 1.29 is 13.2 Å². The fourth-order valence-electron chi connectivity index (χ4n) is 2.32. The Bertz CT molecular complexity index is 742. The van der Waals surface area contributed by atoms with Gasteiger partial charge < -0.3 is 0 Å². The van der Waals surface area contributed by atoms with Gasteiger partial charge in [-0.15, -0.1) is 0 Å². The number of aromatic amines is 1. The van der Waals surface area contributed by atoms with Crippen LogP contribution in [0.25, 0.3) is 0 Å².